The second-order valence-corrected chi connectivity index (χ2v) is 3.89. The van der Waals surface area contributed by atoms with E-state index in [1.807, 2.05) is 6.07 Å². The summed E-state index contributed by atoms with van der Waals surface area (Å²) in [6.07, 6.45) is 0. The van der Waals surface area contributed by atoms with E-state index in [1.54, 1.807) is 24.3 Å². The molecule has 1 aliphatic rings. The van der Waals surface area contributed by atoms with E-state index in [-0.39, 0.29) is 12.5 Å². The second kappa shape index (κ2) is 4.87. The third-order valence-corrected chi connectivity index (χ3v) is 2.74. The van der Waals surface area contributed by atoms with Crippen LogP contribution in [0.25, 0.3) is 0 Å². The van der Waals surface area contributed by atoms with Gasteiger partial charge in [0.05, 0.1) is 0 Å². The van der Waals surface area contributed by atoms with Crippen molar-refractivity contribution in [2.24, 2.45) is 0 Å². The molecule has 0 aliphatic carbocycles. The number of hydrogen-bond donors (Lipinski definition) is 2. The number of carbonyl (C=O) groups excluding carboxylic acids is 3. The number of amides is 4. The molecule has 0 saturated carbocycles. The number of likely N-dealkylation sites (N-methyl/N-ethyl adjacent to an activating group) is 1. The van der Waals surface area contributed by atoms with Gasteiger partial charge < -0.3 is 10.6 Å². The molecule has 1 saturated heterocycles. The molecule has 18 heavy (non-hydrogen) atoms. The van der Waals surface area contributed by atoms with Crippen LogP contribution in [0.2, 0.25) is 0 Å². The predicted molar refractivity (Wildman–Crippen MR) is 63.5 cm³/mol. The van der Waals surface area contributed by atoms with Crippen LogP contribution in [0.5, 0.6) is 0 Å². The van der Waals surface area contributed by atoms with Gasteiger partial charge in [0, 0.05) is 7.05 Å². The monoisotopic (exact) mass is 247 g/mol. The van der Waals surface area contributed by atoms with Crippen LogP contribution >= 0.6 is 0 Å². The van der Waals surface area contributed by atoms with Crippen LogP contribution in [-0.4, -0.2) is 36.3 Å². The maximum absolute atomic E-state index is 12.0. The summed E-state index contributed by atoms with van der Waals surface area (Å²) in [4.78, 5) is 35.8. The van der Waals surface area contributed by atoms with E-state index in [0.29, 0.717) is 5.56 Å². The highest BCUT2D eigenvalue weighted by molar-refractivity contribution is 6.06. The summed E-state index contributed by atoms with van der Waals surface area (Å²) < 4.78 is 0. The zero-order valence-corrected chi connectivity index (χ0v) is 9.84. The van der Waals surface area contributed by atoms with Gasteiger partial charge in [0.1, 0.15) is 12.6 Å². The molecule has 6 nitrogen and oxygen atoms in total. The van der Waals surface area contributed by atoms with Gasteiger partial charge in [-0.05, 0) is 5.56 Å². The van der Waals surface area contributed by atoms with Gasteiger partial charge in [0.25, 0.3) is 5.91 Å². The molecule has 1 aromatic rings. The van der Waals surface area contributed by atoms with Crippen LogP contribution in [0.3, 0.4) is 0 Å². The fourth-order valence-corrected chi connectivity index (χ4v) is 1.76. The fraction of sp³-hybridized carbons (Fsp3) is 0.250. The van der Waals surface area contributed by atoms with Crippen molar-refractivity contribution in [1.29, 1.82) is 0 Å². The smallest absolute Gasteiger partial charge is 0.325 e. The quantitative estimate of drug-likeness (QED) is 0.739. The van der Waals surface area contributed by atoms with E-state index in [9.17, 15) is 14.4 Å². The lowest BCUT2D eigenvalue weighted by atomic mass is 10.1. The maximum atomic E-state index is 12.0. The van der Waals surface area contributed by atoms with Crippen molar-refractivity contribution in [3.8, 4) is 0 Å². The first-order valence-electron chi connectivity index (χ1n) is 5.51. The molecule has 0 radical (unpaired) electrons. The molecule has 4 amide bonds. The van der Waals surface area contributed by atoms with E-state index >= 15 is 0 Å². The Bertz CT molecular complexity index is 487. The molecule has 1 fully saturated rings. The largest absolute Gasteiger partial charge is 0.358 e. The van der Waals surface area contributed by atoms with E-state index in [2.05, 4.69) is 10.6 Å². The van der Waals surface area contributed by atoms with Gasteiger partial charge in [-0.1, -0.05) is 30.3 Å². The van der Waals surface area contributed by atoms with Crippen LogP contribution < -0.4 is 10.6 Å². The highest BCUT2D eigenvalue weighted by atomic mass is 16.2. The van der Waals surface area contributed by atoms with Crippen molar-refractivity contribution in [2.75, 3.05) is 13.6 Å². The number of hydrogen-bond acceptors (Lipinski definition) is 3. The first-order valence-corrected chi connectivity index (χ1v) is 5.51. The molecule has 1 aliphatic heterocycles. The highest BCUT2D eigenvalue weighted by Gasteiger charge is 2.39. The zero-order valence-electron chi connectivity index (χ0n) is 9.84. The molecule has 1 unspecified atom stereocenters. The standard InChI is InChI=1S/C12H13N3O3/c1-13-9(16)7-15-11(17)10(14-12(15)18)8-5-3-2-4-6-8/h2-6,10H,7H2,1H3,(H,13,16)(H,14,18). The molecule has 0 spiro atoms. The molecule has 0 bridgehead atoms. The van der Waals surface area contributed by atoms with Crippen LogP contribution in [0.1, 0.15) is 11.6 Å². The Kier molecular flexibility index (Phi) is 3.27. The highest BCUT2D eigenvalue weighted by Crippen LogP contribution is 2.21. The lowest BCUT2D eigenvalue weighted by Gasteiger charge is -2.11. The van der Waals surface area contributed by atoms with Crippen molar-refractivity contribution in [3.63, 3.8) is 0 Å². The second-order valence-electron chi connectivity index (χ2n) is 3.89. The Morgan fingerprint density at radius 1 is 1.33 bits per heavy atom. The van der Waals surface area contributed by atoms with E-state index in [1.165, 1.54) is 7.05 Å². The first-order chi connectivity index (χ1) is 8.63. The van der Waals surface area contributed by atoms with Gasteiger partial charge in [-0.2, -0.15) is 0 Å². The topological polar surface area (TPSA) is 78.5 Å². The van der Waals surface area contributed by atoms with Crippen molar-refractivity contribution < 1.29 is 14.4 Å². The third kappa shape index (κ3) is 2.17. The Labute approximate surface area is 104 Å². The van der Waals surface area contributed by atoms with Crippen LogP contribution in [-0.2, 0) is 9.59 Å². The summed E-state index contributed by atoms with van der Waals surface area (Å²) in [5.41, 5.74) is 0.704. The Morgan fingerprint density at radius 3 is 2.61 bits per heavy atom. The van der Waals surface area contributed by atoms with E-state index < -0.39 is 18.0 Å². The summed E-state index contributed by atoms with van der Waals surface area (Å²) >= 11 is 0. The van der Waals surface area contributed by atoms with Gasteiger partial charge in [-0.15, -0.1) is 0 Å². The van der Waals surface area contributed by atoms with Gasteiger partial charge in [0.15, 0.2) is 0 Å². The number of nitrogens with zero attached hydrogens (tertiary/aromatic N) is 1. The normalized spacial score (nSPS) is 18.7. The lowest BCUT2D eigenvalue weighted by molar-refractivity contribution is -0.132. The minimum Gasteiger partial charge on any atom is -0.358 e. The Balaban J connectivity index is 2.17. The number of urea groups is 1. The maximum Gasteiger partial charge on any atom is 0.325 e. The van der Waals surface area contributed by atoms with Crippen molar-refractivity contribution >= 4 is 17.8 Å². The Hall–Kier alpha value is -2.37. The number of imide groups is 1. The number of benzene rings is 1. The summed E-state index contributed by atoms with van der Waals surface area (Å²) in [7, 11) is 1.45. The molecule has 1 heterocycles. The molecule has 1 atom stereocenters. The van der Waals surface area contributed by atoms with Gasteiger partial charge >= 0.3 is 6.03 Å². The molecule has 2 N–H and O–H groups in total. The molecule has 2 rings (SSSR count). The molecule has 0 aromatic heterocycles. The van der Waals surface area contributed by atoms with Crippen molar-refractivity contribution in [1.82, 2.24) is 15.5 Å². The van der Waals surface area contributed by atoms with Crippen LogP contribution in [0, 0.1) is 0 Å². The molecular weight excluding hydrogens is 234 g/mol. The predicted octanol–water partition coefficient (Wildman–Crippen LogP) is 0.0255. The average molecular weight is 247 g/mol. The van der Waals surface area contributed by atoms with Gasteiger partial charge in [0.2, 0.25) is 5.91 Å². The molecule has 1 aromatic carbocycles. The molecule has 94 valence electrons. The number of carbonyl (C=O) groups is 3. The number of rotatable bonds is 3. The Morgan fingerprint density at radius 2 is 2.00 bits per heavy atom. The fourth-order valence-electron chi connectivity index (χ4n) is 1.76. The van der Waals surface area contributed by atoms with Crippen molar-refractivity contribution in [2.45, 2.75) is 6.04 Å². The minimum absolute atomic E-state index is 0.259. The van der Waals surface area contributed by atoms with E-state index in [4.69, 9.17) is 0 Å². The summed E-state index contributed by atoms with van der Waals surface area (Å²) in [5.74, 6) is -0.790. The SMILES string of the molecule is CNC(=O)CN1C(=O)NC(c2ccccc2)C1=O. The average Bonchev–Trinajstić information content (AvgIpc) is 2.67. The third-order valence-electron chi connectivity index (χ3n) is 2.74. The first kappa shape index (κ1) is 12.1. The minimum atomic E-state index is -0.705. The van der Waals surface area contributed by atoms with Crippen LogP contribution in [0.4, 0.5) is 4.79 Å². The summed E-state index contributed by atoms with van der Waals surface area (Å²) in [6.45, 7) is -0.259. The van der Waals surface area contributed by atoms with E-state index in [0.717, 1.165) is 4.90 Å². The van der Waals surface area contributed by atoms with Gasteiger partial charge in [-0.25, -0.2) is 4.79 Å². The lowest BCUT2D eigenvalue weighted by Crippen LogP contribution is -2.39. The van der Waals surface area contributed by atoms with Gasteiger partial charge in [-0.3, -0.25) is 14.5 Å². The summed E-state index contributed by atoms with van der Waals surface area (Å²) in [5, 5.41) is 4.93. The van der Waals surface area contributed by atoms with Crippen LogP contribution in [0.15, 0.2) is 30.3 Å². The molecular formula is C12H13N3O3. The number of nitrogens with one attached hydrogen (secondary N) is 2. The molecule has 6 heteroatoms. The summed E-state index contributed by atoms with van der Waals surface area (Å²) in [6, 6.07) is 7.67. The zero-order chi connectivity index (χ0) is 13.1. The van der Waals surface area contributed by atoms with Crippen molar-refractivity contribution in [3.05, 3.63) is 35.9 Å².